The van der Waals surface area contributed by atoms with Crippen molar-refractivity contribution < 1.29 is 22.3 Å². The van der Waals surface area contributed by atoms with Crippen LogP contribution in [0.2, 0.25) is 25.7 Å². The summed E-state index contributed by atoms with van der Waals surface area (Å²) in [5.41, 5.74) is 2.84. The summed E-state index contributed by atoms with van der Waals surface area (Å²) in [6, 6.07) is 0.914. The average molecular weight is 829 g/mol. The Hall–Kier alpha value is -1.03. The second kappa shape index (κ2) is 15.4. The van der Waals surface area contributed by atoms with E-state index in [9.17, 15) is 17.6 Å². The van der Waals surface area contributed by atoms with E-state index in [1.54, 1.807) is 0 Å². The average Bonchev–Trinajstić information content (AvgIpc) is 3.52. The Balaban J connectivity index is 1.09. The van der Waals surface area contributed by atoms with Gasteiger partial charge in [-0.15, -0.1) is 0 Å². The van der Waals surface area contributed by atoms with Crippen molar-refractivity contribution in [1.82, 2.24) is 10.2 Å². The van der Waals surface area contributed by atoms with Gasteiger partial charge in [0.15, 0.2) is 9.84 Å². The van der Waals surface area contributed by atoms with Gasteiger partial charge in [-0.25, -0.2) is 12.8 Å². The van der Waals surface area contributed by atoms with Gasteiger partial charge in [-0.1, -0.05) is 80.3 Å². The molecule has 1 N–H and O–H groups in total. The van der Waals surface area contributed by atoms with Crippen LogP contribution in [0.4, 0.5) is 4.39 Å². The molecule has 6 aliphatic carbocycles. The van der Waals surface area contributed by atoms with Gasteiger partial charge in [0.2, 0.25) is 0 Å². The molecule has 10 atom stereocenters. The summed E-state index contributed by atoms with van der Waals surface area (Å²) in [4.78, 5) is 15.7. The quantitative estimate of drug-likeness (QED) is 0.165. The molecule has 1 heterocycles. The van der Waals surface area contributed by atoms with Crippen molar-refractivity contribution in [3.8, 4) is 0 Å². The molecule has 6 nitrogen and oxygen atoms in total. The Morgan fingerprint density at radius 3 is 2.26 bits per heavy atom. The van der Waals surface area contributed by atoms with Gasteiger partial charge in [0.1, 0.15) is 6.67 Å². The number of ether oxygens (including phenoxy) is 1. The molecule has 324 valence electrons. The maximum atomic E-state index is 14.7. The number of allylic oxidation sites excluding steroid dienone is 4. The van der Waals surface area contributed by atoms with Crippen LogP contribution in [0.3, 0.4) is 0 Å². The normalized spacial score (nSPS) is 42.9. The first-order valence-corrected chi connectivity index (χ1v) is 28.9. The molecule has 1 unspecified atom stereocenters. The number of carbonyl (C=O) groups is 1. The molecule has 0 aromatic carbocycles. The first-order valence-electron chi connectivity index (χ1n) is 23.4. The van der Waals surface area contributed by atoms with Gasteiger partial charge in [-0.3, -0.25) is 4.79 Å². The largest absolute Gasteiger partial charge is 0.465 e. The zero-order valence-corrected chi connectivity index (χ0v) is 39.7. The number of carbonyl (C=O) groups excluding carboxylic acids is 1. The van der Waals surface area contributed by atoms with Crippen LogP contribution in [0.1, 0.15) is 126 Å². The summed E-state index contributed by atoms with van der Waals surface area (Å²) in [6.45, 7) is 28.0. The van der Waals surface area contributed by atoms with E-state index >= 15 is 0 Å². The highest BCUT2D eigenvalue weighted by Crippen LogP contribution is 2.76. The summed E-state index contributed by atoms with van der Waals surface area (Å²) in [5.74, 6) is 4.41. The standard InChI is InChI=1S/C48H81FN2O4SSi/c1-34(2)36-15-22-48(50-25-26-51-27-30-56(53,54)31-28-51)24-23-45(6)38(41(36)48)11-12-40-44(5)18-16-37(43(3,4)39(44)17-19-46(40,45)7)35-13-20-47(33-49,21-14-35)42(52)55-29-32-57(8,9)10/h13,16,34,36,38-41,50H,11-12,14-15,17-33H2,1-10H3/t36-,38+,39-,40+,41+,44-,45+,46+,47?,48-/m0/s1. The van der Waals surface area contributed by atoms with Gasteiger partial charge in [-0.2, -0.15) is 0 Å². The molecule has 7 rings (SSSR count). The van der Waals surface area contributed by atoms with Crippen molar-refractivity contribution in [2.24, 2.45) is 62.6 Å². The van der Waals surface area contributed by atoms with Crippen LogP contribution in [0, 0.1) is 62.6 Å². The number of rotatable bonds is 11. The van der Waals surface area contributed by atoms with E-state index < -0.39 is 30.0 Å². The van der Waals surface area contributed by atoms with E-state index in [0.717, 1.165) is 43.8 Å². The number of sulfone groups is 1. The lowest BCUT2D eigenvalue weighted by Crippen LogP contribution is -2.68. The monoisotopic (exact) mass is 829 g/mol. The summed E-state index contributed by atoms with van der Waals surface area (Å²) < 4.78 is 44.6. The second-order valence-electron chi connectivity index (χ2n) is 23.6. The molecule has 0 spiro atoms. The Morgan fingerprint density at radius 2 is 1.63 bits per heavy atom. The third-order valence-electron chi connectivity index (χ3n) is 19.0. The van der Waals surface area contributed by atoms with E-state index in [-0.39, 0.29) is 22.3 Å². The first kappa shape index (κ1) is 44.0. The lowest BCUT2D eigenvalue weighted by atomic mass is 9.32. The lowest BCUT2D eigenvalue weighted by Gasteiger charge is -2.72. The van der Waals surface area contributed by atoms with Gasteiger partial charge in [0.05, 0.1) is 23.5 Å². The van der Waals surface area contributed by atoms with Crippen LogP contribution in [-0.2, 0) is 19.4 Å². The summed E-state index contributed by atoms with van der Waals surface area (Å²) in [6.07, 6.45) is 18.1. The third-order valence-corrected chi connectivity index (χ3v) is 22.3. The molecule has 5 fully saturated rings. The SMILES string of the molecule is CC(C)[C@@H]1CC[C@]2(NCCN3CCS(=O)(=O)CC3)CC[C@]3(C)[C@H](CC[C@@H]4[C@@]5(C)CC=C(C6=CCC(CF)(C(=O)OCC[Si](C)(C)C)CC6)C(C)(C)[C@@H]5CC[C@]43C)[C@@H]12. The molecule has 57 heavy (non-hydrogen) atoms. The van der Waals surface area contributed by atoms with Crippen LogP contribution in [0.15, 0.2) is 23.3 Å². The highest BCUT2D eigenvalue weighted by Gasteiger charge is 2.70. The molecule has 4 saturated carbocycles. The highest BCUT2D eigenvalue weighted by atomic mass is 32.2. The number of fused-ring (bicyclic) bond motifs is 7. The van der Waals surface area contributed by atoms with E-state index in [2.05, 4.69) is 90.5 Å². The number of halogens is 1. The van der Waals surface area contributed by atoms with E-state index in [0.29, 0.717) is 78.5 Å². The van der Waals surface area contributed by atoms with Crippen LogP contribution >= 0.6 is 0 Å². The van der Waals surface area contributed by atoms with Crippen molar-refractivity contribution in [3.63, 3.8) is 0 Å². The molecule has 0 bridgehead atoms. The Morgan fingerprint density at radius 1 is 0.912 bits per heavy atom. The van der Waals surface area contributed by atoms with Gasteiger partial charge in [-0.05, 0) is 151 Å². The van der Waals surface area contributed by atoms with Gasteiger partial charge >= 0.3 is 5.97 Å². The number of alkyl halides is 1. The minimum atomic E-state index is -2.86. The molecule has 0 radical (unpaired) electrons. The van der Waals surface area contributed by atoms with Crippen LogP contribution in [-0.4, -0.2) is 83.9 Å². The molecule has 1 saturated heterocycles. The van der Waals surface area contributed by atoms with Crippen molar-refractivity contribution in [1.29, 1.82) is 0 Å². The van der Waals surface area contributed by atoms with Gasteiger partial charge in [0.25, 0.3) is 0 Å². The van der Waals surface area contributed by atoms with Crippen molar-refractivity contribution in [2.75, 3.05) is 51.0 Å². The number of esters is 1. The van der Waals surface area contributed by atoms with Crippen molar-refractivity contribution >= 4 is 23.9 Å². The topological polar surface area (TPSA) is 75.7 Å². The predicted molar refractivity (Wildman–Crippen MR) is 235 cm³/mol. The van der Waals surface area contributed by atoms with Gasteiger partial charge in [0, 0.05) is 39.8 Å². The van der Waals surface area contributed by atoms with E-state index in [1.165, 1.54) is 62.5 Å². The number of hydrogen-bond acceptors (Lipinski definition) is 6. The highest BCUT2D eigenvalue weighted by molar-refractivity contribution is 7.91. The fourth-order valence-corrected chi connectivity index (χ4v) is 17.4. The number of nitrogens with one attached hydrogen (secondary N) is 1. The van der Waals surface area contributed by atoms with E-state index in [4.69, 9.17) is 4.74 Å². The molecule has 1 aliphatic heterocycles. The van der Waals surface area contributed by atoms with Crippen LogP contribution in [0.5, 0.6) is 0 Å². The maximum Gasteiger partial charge on any atom is 0.315 e. The number of hydrogen-bond donors (Lipinski definition) is 1. The molecule has 0 aromatic rings. The fraction of sp³-hybridized carbons (Fsp3) is 0.896. The molecule has 7 aliphatic rings. The number of nitrogens with zero attached hydrogens (tertiary/aromatic N) is 1. The Bertz CT molecular complexity index is 1690. The summed E-state index contributed by atoms with van der Waals surface area (Å²) in [5, 5.41) is 4.26. The lowest BCUT2D eigenvalue weighted by molar-refractivity contribution is -0.223. The molecule has 0 amide bonds. The summed E-state index contributed by atoms with van der Waals surface area (Å²) >= 11 is 0. The minimum Gasteiger partial charge on any atom is -0.465 e. The Labute approximate surface area is 348 Å². The van der Waals surface area contributed by atoms with Crippen molar-refractivity contribution in [3.05, 3.63) is 23.3 Å². The fourth-order valence-electron chi connectivity index (χ4n) is 15.4. The smallest absolute Gasteiger partial charge is 0.315 e. The van der Waals surface area contributed by atoms with E-state index in [1.807, 2.05) is 0 Å². The predicted octanol–water partition coefficient (Wildman–Crippen LogP) is 10.3. The van der Waals surface area contributed by atoms with Crippen molar-refractivity contribution in [2.45, 2.75) is 157 Å². The molecular weight excluding hydrogens is 748 g/mol. The second-order valence-corrected chi connectivity index (χ2v) is 31.5. The van der Waals surface area contributed by atoms with Gasteiger partial charge < -0.3 is 15.0 Å². The van der Waals surface area contributed by atoms with Crippen LogP contribution < -0.4 is 5.32 Å². The molecule has 9 heteroatoms. The minimum absolute atomic E-state index is 0.0177. The zero-order valence-electron chi connectivity index (χ0n) is 37.8. The summed E-state index contributed by atoms with van der Waals surface area (Å²) in [7, 11) is -4.20. The third kappa shape index (κ3) is 7.54. The molecule has 0 aromatic heterocycles. The molecular formula is C48H81FN2O4SSi. The first-order chi connectivity index (χ1) is 26.6. The Kier molecular flexibility index (Phi) is 11.9. The zero-order chi connectivity index (χ0) is 41.5. The maximum absolute atomic E-state index is 14.7. The van der Waals surface area contributed by atoms with Crippen LogP contribution in [0.25, 0.3) is 0 Å².